The predicted octanol–water partition coefficient (Wildman–Crippen LogP) is 2.44. The highest BCUT2D eigenvalue weighted by Crippen LogP contribution is 2.28. The Morgan fingerprint density at radius 1 is 0.958 bits per heavy atom. The number of hydrogen-bond acceptors (Lipinski definition) is 5. The summed E-state index contributed by atoms with van der Waals surface area (Å²) in [4.78, 5) is 12.1. The number of benzene rings is 2. The summed E-state index contributed by atoms with van der Waals surface area (Å²) in [6.07, 6.45) is 0. The Morgan fingerprint density at radius 2 is 1.71 bits per heavy atom. The Morgan fingerprint density at radius 3 is 2.42 bits per heavy atom. The molecule has 128 valence electrons. The van der Waals surface area contributed by atoms with Gasteiger partial charge in [0.2, 0.25) is 5.91 Å². The smallest absolute Gasteiger partial charge is 0.238 e. The first-order valence-electron chi connectivity index (χ1n) is 7.51. The maximum Gasteiger partial charge on any atom is 0.238 e. The van der Waals surface area contributed by atoms with Crippen molar-refractivity contribution in [3.63, 3.8) is 0 Å². The lowest BCUT2D eigenvalue weighted by atomic mass is 10.2. The molecule has 1 amide bonds. The summed E-state index contributed by atoms with van der Waals surface area (Å²) in [6.45, 7) is 0.747. The highest BCUT2D eigenvalue weighted by molar-refractivity contribution is 5.93. The van der Waals surface area contributed by atoms with E-state index in [0.717, 1.165) is 11.3 Å². The van der Waals surface area contributed by atoms with Crippen LogP contribution in [0.15, 0.2) is 42.5 Å². The van der Waals surface area contributed by atoms with E-state index in [1.165, 1.54) is 0 Å². The second-order valence-corrected chi connectivity index (χ2v) is 5.07. The summed E-state index contributed by atoms with van der Waals surface area (Å²) >= 11 is 0. The molecule has 0 saturated heterocycles. The zero-order chi connectivity index (χ0) is 17.4. The van der Waals surface area contributed by atoms with E-state index < -0.39 is 0 Å². The molecule has 0 spiro atoms. The minimum Gasteiger partial charge on any atom is -0.497 e. The minimum absolute atomic E-state index is 0.163. The van der Waals surface area contributed by atoms with Gasteiger partial charge < -0.3 is 24.8 Å². The first kappa shape index (κ1) is 17.6. The van der Waals surface area contributed by atoms with Crippen LogP contribution in [0.5, 0.6) is 17.2 Å². The van der Waals surface area contributed by atoms with E-state index in [9.17, 15) is 4.79 Å². The lowest BCUT2D eigenvalue weighted by Gasteiger charge is -2.12. The number of nitrogens with one attached hydrogen (secondary N) is 2. The quantitative estimate of drug-likeness (QED) is 0.778. The maximum atomic E-state index is 12.1. The third-order valence-corrected chi connectivity index (χ3v) is 3.43. The first-order chi connectivity index (χ1) is 11.7. The molecular formula is C18H22N2O4. The van der Waals surface area contributed by atoms with Gasteiger partial charge in [-0.1, -0.05) is 12.1 Å². The summed E-state index contributed by atoms with van der Waals surface area (Å²) < 4.78 is 15.6. The molecule has 0 unspecified atom stereocenters. The van der Waals surface area contributed by atoms with E-state index in [1.807, 2.05) is 24.3 Å². The molecule has 0 bridgehead atoms. The monoisotopic (exact) mass is 330 g/mol. The molecule has 0 aliphatic heterocycles. The van der Waals surface area contributed by atoms with Crippen molar-refractivity contribution in [2.24, 2.45) is 0 Å². The molecule has 2 aromatic carbocycles. The topological polar surface area (TPSA) is 68.8 Å². The molecule has 0 atom stereocenters. The Kier molecular flexibility index (Phi) is 6.45. The van der Waals surface area contributed by atoms with Crippen LogP contribution in [-0.4, -0.2) is 33.8 Å². The van der Waals surface area contributed by atoms with Crippen LogP contribution in [0.3, 0.4) is 0 Å². The molecule has 6 heteroatoms. The van der Waals surface area contributed by atoms with Crippen molar-refractivity contribution in [1.82, 2.24) is 5.32 Å². The SMILES string of the molecule is COc1cccc(CNCC(=O)Nc2cc(OC)ccc2OC)c1. The molecule has 24 heavy (non-hydrogen) atoms. The Labute approximate surface area is 141 Å². The van der Waals surface area contributed by atoms with Crippen molar-refractivity contribution in [1.29, 1.82) is 0 Å². The first-order valence-corrected chi connectivity index (χ1v) is 7.51. The summed E-state index contributed by atoms with van der Waals surface area (Å²) in [5.74, 6) is 1.86. The number of carbonyl (C=O) groups is 1. The van der Waals surface area contributed by atoms with Gasteiger partial charge in [-0.2, -0.15) is 0 Å². The van der Waals surface area contributed by atoms with Gasteiger partial charge in [0.25, 0.3) is 0 Å². The number of amides is 1. The van der Waals surface area contributed by atoms with Crippen LogP contribution in [0.25, 0.3) is 0 Å². The number of rotatable bonds is 8. The predicted molar refractivity (Wildman–Crippen MR) is 92.9 cm³/mol. The summed E-state index contributed by atoms with van der Waals surface area (Å²) in [6, 6.07) is 12.9. The third kappa shape index (κ3) is 4.89. The second kappa shape index (κ2) is 8.79. The van der Waals surface area contributed by atoms with Gasteiger partial charge in [0, 0.05) is 12.6 Å². The lowest BCUT2D eigenvalue weighted by molar-refractivity contribution is -0.115. The van der Waals surface area contributed by atoms with Gasteiger partial charge in [-0.3, -0.25) is 4.79 Å². The molecule has 0 aliphatic carbocycles. The van der Waals surface area contributed by atoms with Crippen LogP contribution in [0, 0.1) is 0 Å². The molecule has 0 aliphatic rings. The number of hydrogen-bond donors (Lipinski definition) is 2. The van der Waals surface area contributed by atoms with Crippen molar-refractivity contribution in [3.05, 3.63) is 48.0 Å². The lowest BCUT2D eigenvalue weighted by Crippen LogP contribution is -2.27. The molecule has 2 aromatic rings. The van der Waals surface area contributed by atoms with E-state index >= 15 is 0 Å². The van der Waals surface area contributed by atoms with Gasteiger partial charge in [-0.25, -0.2) is 0 Å². The average Bonchev–Trinajstić information content (AvgIpc) is 2.61. The van der Waals surface area contributed by atoms with Crippen molar-refractivity contribution in [2.45, 2.75) is 6.54 Å². The summed E-state index contributed by atoms with van der Waals surface area (Å²) in [7, 11) is 4.75. The number of ether oxygens (including phenoxy) is 3. The standard InChI is InChI=1S/C18H22N2O4/c1-22-14-6-4-5-13(9-14)11-19-12-18(21)20-16-10-15(23-2)7-8-17(16)24-3/h4-10,19H,11-12H2,1-3H3,(H,20,21). The largest absolute Gasteiger partial charge is 0.497 e. The normalized spacial score (nSPS) is 10.1. The maximum absolute atomic E-state index is 12.1. The molecule has 6 nitrogen and oxygen atoms in total. The molecule has 2 N–H and O–H groups in total. The van der Waals surface area contributed by atoms with E-state index in [-0.39, 0.29) is 12.5 Å². The van der Waals surface area contributed by atoms with Crippen molar-refractivity contribution < 1.29 is 19.0 Å². The molecule has 0 radical (unpaired) electrons. The Bertz CT molecular complexity index is 688. The van der Waals surface area contributed by atoms with Crippen LogP contribution < -0.4 is 24.8 Å². The number of methoxy groups -OCH3 is 3. The molecular weight excluding hydrogens is 308 g/mol. The van der Waals surface area contributed by atoms with Crippen LogP contribution in [-0.2, 0) is 11.3 Å². The summed E-state index contributed by atoms with van der Waals surface area (Å²) in [5.41, 5.74) is 1.62. The number of carbonyl (C=O) groups excluding carboxylic acids is 1. The van der Waals surface area contributed by atoms with Crippen LogP contribution in [0.1, 0.15) is 5.56 Å². The van der Waals surface area contributed by atoms with Crippen LogP contribution in [0.2, 0.25) is 0 Å². The van der Waals surface area contributed by atoms with E-state index in [4.69, 9.17) is 14.2 Å². The van der Waals surface area contributed by atoms with Crippen molar-refractivity contribution in [3.8, 4) is 17.2 Å². The van der Waals surface area contributed by atoms with Gasteiger partial charge in [0.05, 0.1) is 33.6 Å². The molecule has 0 fully saturated rings. The average molecular weight is 330 g/mol. The van der Waals surface area contributed by atoms with Crippen molar-refractivity contribution >= 4 is 11.6 Å². The van der Waals surface area contributed by atoms with Gasteiger partial charge in [-0.15, -0.1) is 0 Å². The van der Waals surface area contributed by atoms with Crippen LogP contribution in [0.4, 0.5) is 5.69 Å². The molecule has 0 saturated carbocycles. The van der Waals surface area contributed by atoms with E-state index in [2.05, 4.69) is 10.6 Å². The zero-order valence-corrected chi connectivity index (χ0v) is 14.1. The Hall–Kier alpha value is -2.73. The fourth-order valence-electron chi connectivity index (χ4n) is 2.21. The Balaban J connectivity index is 1.89. The minimum atomic E-state index is -0.163. The molecule has 0 heterocycles. The van der Waals surface area contributed by atoms with Gasteiger partial charge in [-0.05, 0) is 29.8 Å². The highest BCUT2D eigenvalue weighted by Gasteiger charge is 2.09. The number of anilines is 1. The fourth-order valence-corrected chi connectivity index (χ4v) is 2.21. The van der Waals surface area contributed by atoms with E-state index in [1.54, 1.807) is 39.5 Å². The van der Waals surface area contributed by atoms with Crippen molar-refractivity contribution in [2.75, 3.05) is 33.2 Å². The second-order valence-electron chi connectivity index (χ2n) is 5.07. The highest BCUT2D eigenvalue weighted by atomic mass is 16.5. The zero-order valence-electron chi connectivity index (χ0n) is 14.1. The van der Waals surface area contributed by atoms with Gasteiger partial charge in [0.1, 0.15) is 17.2 Å². The molecule has 0 aromatic heterocycles. The van der Waals surface area contributed by atoms with Gasteiger partial charge in [0.15, 0.2) is 0 Å². The molecule has 2 rings (SSSR count). The van der Waals surface area contributed by atoms with Gasteiger partial charge >= 0.3 is 0 Å². The van der Waals surface area contributed by atoms with Crippen LogP contribution >= 0.6 is 0 Å². The third-order valence-electron chi connectivity index (χ3n) is 3.43. The summed E-state index contributed by atoms with van der Waals surface area (Å²) in [5, 5.41) is 5.91. The fraction of sp³-hybridized carbons (Fsp3) is 0.278. The van der Waals surface area contributed by atoms with E-state index in [0.29, 0.717) is 23.7 Å².